The summed E-state index contributed by atoms with van der Waals surface area (Å²) in [6, 6.07) is 20.7. The van der Waals surface area contributed by atoms with E-state index in [2.05, 4.69) is 10.6 Å². The van der Waals surface area contributed by atoms with Crippen LogP contribution in [0.1, 0.15) is 17.8 Å². The maximum Gasteiger partial charge on any atom is 0.256 e. The normalized spacial score (nSPS) is 15.1. The Labute approximate surface area is 189 Å². The number of benzene rings is 2. The second kappa shape index (κ2) is 8.32. The van der Waals surface area contributed by atoms with E-state index >= 15 is 0 Å². The number of para-hydroxylation sites is 2. The van der Waals surface area contributed by atoms with Crippen LogP contribution in [0.4, 0.5) is 11.6 Å². The van der Waals surface area contributed by atoms with Crippen molar-refractivity contribution in [1.29, 1.82) is 0 Å². The maximum atomic E-state index is 13.5. The molecule has 0 unspecified atom stereocenters. The van der Waals surface area contributed by atoms with Gasteiger partial charge in [-0.05, 0) is 30.5 Å². The van der Waals surface area contributed by atoms with Crippen LogP contribution in [0.25, 0.3) is 11.4 Å². The average Bonchev–Trinajstić information content (AvgIpc) is 3.49. The molecule has 5 rings (SSSR count). The van der Waals surface area contributed by atoms with E-state index in [0.717, 1.165) is 16.1 Å². The number of rotatable bonds is 5. The zero-order valence-corrected chi connectivity index (χ0v) is 18.4. The fourth-order valence-electron chi connectivity index (χ4n) is 3.80. The summed E-state index contributed by atoms with van der Waals surface area (Å²) in [5, 5.41) is 13.0. The third-order valence-electron chi connectivity index (χ3n) is 5.30. The SMILES string of the molecule is COc1ccccc1NC(=O)C1=C(C)Nc2nc(-c3ccccc3)nn2[C@@H]1c1cccs1. The predicted molar refractivity (Wildman–Crippen MR) is 126 cm³/mol. The van der Waals surface area contributed by atoms with Crippen molar-refractivity contribution in [2.24, 2.45) is 0 Å². The zero-order chi connectivity index (χ0) is 22.1. The Morgan fingerprint density at radius 2 is 1.88 bits per heavy atom. The molecule has 7 nitrogen and oxygen atoms in total. The lowest BCUT2D eigenvalue weighted by atomic mass is 10.0. The van der Waals surface area contributed by atoms with Gasteiger partial charge >= 0.3 is 0 Å². The molecule has 0 fully saturated rings. The van der Waals surface area contributed by atoms with Crippen molar-refractivity contribution in [2.75, 3.05) is 17.7 Å². The summed E-state index contributed by atoms with van der Waals surface area (Å²) >= 11 is 1.58. The van der Waals surface area contributed by atoms with E-state index < -0.39 is 6.04 Å². The second-order valence-corrected chi connectivity index (χ2v) is 8.28. The van der Waals surface area contributed by atoms with Gasteiger partial charge < -0.3 is 15.4 Å². The van der Waals surface area contributed by atoms with Crippen LogP contribution in [0.3, 0.4) is 0 Å². The number of hydrogen-bond donors (Lipinski definition) is 2. The number of thiophene rings is 1. The van der Waals surface area contributed by atoms with Crippen LogP contribution in [0.5, 0.6) is 5.75 Å². The van der Waals surface area contributed by atoms with Crippen LogP contribution in [-0.2, 0) is 4.79 Å². The largest absolute Gasteiger partial charge is 0.495 e. The van der Waals surface area contributed by atoms with Crippen molar-refractivity contribution in [3.63, 3.8) is 0 Å². The number of fused-ring (bicyclic) bond motifs is 1. The summed E-state index contributed by atoms with van der Waals surface area (Å²) in [4.78, 5) is 19.2. The first kappa shape index (κ1) is 20.0. The molecule has 0 bridgehead atoms. The topological polar surface area (TPSA) is 81.1 Å². The Hall–Kier alpha value is -3.91. The summed E-state index contributed by atoms with van der Waals surface area (Å²) in [7, 11) is 1.58. The molecule has 1 atom stereocenters. The molecule has 2 aromatic heterocycles. The molecule has 1 amide bonds. The first-order valence-electron chi connectivity index (χ1n) is 10.1. The number of ether oxygens (including phenoxy) is 1. The number of anilines is 2. The molecule has 1 aliphatic heterocycles. The zero-order valence-electron chi connectivity index (χ0n) is 17.6. The Morgan fingerprint density at radius 3 is 2.62 bits per heavy atom. The van der Waals surface area contributed by atoms with Gasteiger partial charge in [-0.15, -0.1) is 16.4 Å². The number of allylic oxidation sites excluding steroid dienone is 1. The maximum absolute atomic E-state index is 13.5. The average molecular weight is 444 g/mol. The number of nitrogens with one attached hydrogen (secondary N) is 2. The first-order valence-corrected chi connectivity index (χ1v) is 11.0. The van der Waals surface area contributed by atoms with E-state index in [9.17, 15) is 4.79 Å². The number of amides is 1. The third kappa shape index (κ3) is 3.54. The third-order valence-corrected chi connectivity index (χ3v) is 6.22. The molecule has 32 heavy (non-hydrogen) atoms. The molecule has 160 valence electrons. The van der Waals surface area contributed by atoms with Crippen molar-refractivity contribution in [3.05, 3.63) is 88.3 Å². The van der Waals surface area contributed by atoms with Crippen LogP contribution in [0.15, 0.2) is 83.4 Å². The Balaban J connectivity index is 1.57. The van der Waals surface area contributed by atoms with Crippen LogP contribution in [0.2, 0.25) is 0 Å². The lowest BCUT2D eigenvalue weighted by Crippen LogP contribution is -2.31. The molecule has 8 heteroatoms. The van der Waals surface area contributed by atoms with E-state index in [-0.39, 0.29) is 5.91 Å². The van der Waals surface area contributed by atoms with Gasteiger partial charge in [-0.25, -0.2) is 4.68 Å². The highest BCUT2D eigenvalue weighted by Gasteiger charge is 2.35. The molecular weight excluding hydrogens is 422 g/mol. The van der Waals surface area contributed by atoms with Crippen molar-refractivity contribution < 1.29 is 9.53 Å². The number of hydrogen-bond acceptors (Lipinski definition) is 6. The quantitative estimate of drug-likeness (QED) is 0.457. The fourth-order valence-corrected chi connectivity index (χ4v) is 4.62. The van der Waals surface area contributed by atoms with Gasteiger partial charge in [-0.1, -0.05) is 48.5 Å². The molecule has 0 saturated carbocycles. The molecule has 4 aromatic rings. The minimum absolute atomic E-state index is 0.222. The molecule has 1 aliphatic rings. The highest BCUT2D eigenvalue weighted by atomic mass is 32.1. The number of carbonyl (C=O) groups is 1. The molecule has 3 heterocycles. The van der Waals surface area contributed by atoms with Crippen LogP contribution >= 0.6 is 11.3 Å². The summed E-state index contributed by atoms with van der Waals surface area (Å²) in [6.45, 7) is 1.89. The van der Waals surface area contributed by atoms with Crippen LogP contribution in [-0.4, -0.2) is 27.8 Å². The molecule has 0 radical (unpaired) electrons. The van der Waals surface area contributed by atoms with Gasteiger partial charge in [0, 0.05) is 16.1 Å². The van der Waals surface area contributed by atoms with Gasteiger partial charge in [0.15, 0.2) is 5.82 Å². The molecule has 0 spiro atoms. The van der Waals surface area contributed by atoms with Gasteiger partial charge in [0.2, 0.25) is 5.95 Å². The van der Waals surface area contributed by atoms with E-state index in [4.69, 9.17) is 14.8 Å². The standard InChI is InChI=1S/C24H21N5O2S/c1-15-20(23(30)26-17-11-6-7-12-18(17)31-2)21(19-13-8-14-32-19)29-24(25-15)27-22(28-29)16-9-4-3-5-10-16/h3-14,21H,1-2H3,(H,26,30)(H,25,27,28)/t21-/m1/s1. The van der Waals surface area contributed by atoms with Gasteiger partial charge in [-0.3, -0.25) is 4.79 Å². The summed E-state index contributed by atoms with van der Waals surface area (Å²) in [6.07, 6.45) is 0. The van der Waals surface area contributed by atoms with Crippen LogP contribution < -0.4 is 15.4 Å². The van der Waals surface area contributed by atoms with E-state index in [1.165, 1.54) is 0 Å². The summed E-state index contributed by atoms with van der Waals surface area (Å²) in [5.74, 6) is 1.59. The Bertz CT molecular complexity index is 1300. The van der Waals surface area contributed by atoms with Gasteiger partial charge in [-0.2, -0.15) is 4.98 Å². The lowest BCUT2D eigenvalue weighted by Gasteiger charge is -2.27. The highest BCUT2D eigenvalue weighted by molar-refractivity contribution is 7.10. The lowest BCUT2D eigenvalue weighted by molar-refractivity contribution is -0.113. The highest BCUT2D eigenvalue weighted by Crippen LogP contribution is 2.38. The second-order valence-electron chi connectivity index (χ2n) is 7.31. The van der Waals surface area contributed by atoms with Gasteiger partial charge in [0.05, 0.1) is 18.4 Å². The van der Waals surface area contributed by atoms with Crippen molar-refractivity contribution in [3.8, 4) is 17.1 Å². The number of carbonyl (C=O) groups excluding carboxylic acids is 1. The minimum atomic E-state index is -0.397. The van der Waals surface area contributed by atoms with Crippen molar-refractivity contribution >= 4 is 28.9 Å². The molecule has 0 saturated heterocycles. The van der Waals surface area contributed by atoms with Gasteiger partial charge in [0.1, 0.15) is 11.8 Å². The number of nitrogens with zero attached hydrogens (tertiary/aromatic N) is 3. The van der Waals surface area contributed by atoms with Crippen LogP contribution in [0, 0.1) is 0 Å². The van der Waals surface area contributed by atoms with Crippen molar-refractivity contribution in [2.45, 2.75) is 13.0 Å². The summed E-state index contributed by atoms with van der Waals surface area (Å²) < 4.78 is 7.19. The smallest absolute Gasteiger partial charge is 0.256 e. The Kier molecular flexibility index (Phi) is 5.20. The molecule has 2 aromatic carbocycles. The fraction of sp³-hybridized carbons (Fsp3) is 0.125. The molecule has 2 N–H and O–H groups in total. The monoisotopic (exact) mass is 443 g/mol. The number of methoxy groups -OCH3 is 1. The Morgan fingerprint density at radius 1 is 1.09 bits per heavy atom. The van der Waals surface area contributed by atoms with E-state index in [1.807, 2.05) is 79.0 Å². The molecular formula is C24H21N5O2S. The van der Waals surface area contributed by atoms with E-state index in [1.54, 1.807) is 23.1 Å². The minimum Gasteiger partial charge on any atom is -0.495 e. The predicted octanol–water partition coefficient (Wildman–Crippen LogP) is 4.94. The summed E-state index contributed by atoms with van der Waals surface area (Å²) in [5.41, 5.74) is 2.84. The first-order chi connectivity index (χ1) is 15.7. The molecule has 0 aliphatic carbocycles. The van der Waals surface area contributed by atoms with Crippen molar-refractivity contribution in [1.82, 2.24) is 14.8 Å². The number of aromatic nitrogens is 3. The van der Waals surface area contributed by atoms with Gasteiger partial charge in [0.25, 0.3) is 5.91 Å². The van der Waals surface area contributed by atoms with E-state index in [0.29, 0.717) is 28.8 Å².